The van der Waals surface area contributed by atoms with E-state index in [9.17, 15) is 9.59 Å². The number of carbonyl (C=O) groups excluding carboxylic acids is 2. The second-order valence-corrected chi connectivity index (χ2v) is 5.26. The summed E-state index contributed by atoms with van der Waals surface area (Å²) < 4.78 is 0. The van der Waals surface area contributed by atoms with Gasteiger partial charge < -0.3 is 10.2 Å². The Morgan fingerprint density at radius 3 is 2.55 bits per heavy atom. The molecule has 0 aliphatic carbocycles. The zero-order valence-electron chi connectivity index (χ0n) is 12.2. The highest BCUT2D eigenvalue weighted by atomic mass is 16.2. The summed E-state index contributed by atoms with van der Waals surface area (Å²) >= 11 is 0. The zero-order valence-corrected chi connectivity index (χ0v) is 12.2. The molecule has 0 radical (unpaired) electrons. The Balaban J connectivity index is 2.27. The fraction of sp³-hybridized carbons (Fsp3) is 0.500. The van der Waals surface area contributed by atoms with Gasteiger partial charge in [-0.25, -0.2) is 0 Å². The number of carbonyl (C=O) groups is 2. The van der Waals surface area contributed by atoms with Crippen LogP contribution in [0.3, 0.4) is 0 Å². The number of hydrogen-bond donors (Lipinski definition) is 1. The average molecular weight is 274 g/mol. The lowest BCUT2D eigenvalue weighted by Gasteiger charge is -2.32. The van der Waals surface area contributed by atoms with Crippen molar-refractivity contribution in [3.05, 3.63) is 24.3 Å². The van der Waals surface area contributed by atoms with E-state index in [1.165, 1.54) is 0 Å². The first-order valence-corrected chi connectivity index (χ1v) is 7.37. The quantitative estimate of drug-likeness (QED) is 0.896. The van der Waals surface area contributed by atoms with Crippen molar-refractivity contribution in [2.45, 2.75) is 39.5 Å². The lowest BCUT2D eigenvalue weighted by molar-refractivity contribution is -0.125. The Morgan fingerprint density at radius 1 is 1.25 bits per heavy atom. The SMILES string of the molecule is CCCC(CCC)C(=O)N1CC(=O)Nc2ccccc21. The van der Waals surface area contributed by atoms with Crippen molar-refractivity contribution in [1.29, 1.82) is 0 Å². The molecule has 1 aliphatic rings. The molecule has 0 saturated carbocycles. The molecule has 1 N–H and O–H groups in total. The number of fused-ring (bicyclic) bond motifs is 1. The van der Waals surface area contributed by atoms with E-state index >= 15 is 0 Å². The van der Waals surface area contributed by atoms with Gasteiger partial charge in [-0.3, -0.25) is 9.59 Å². The molecule has 0 spiro atoms. The normalized spacial score (nSPS) is 14.2. The highest BCUT2D eigenvalue weighted by Gasteiger charge is 2.30. The molecular formula is C16H22N2O2. The van der Waals surface area contributed by atoms with E-state index in [0.717, 1.165) is 37.1 Å². The predicted octanol–water partition coefficient (Wildman–Crippen LogP) is 3.19. The minimum atomic E-state index is -0.121. The fourth-order valence-corrected chi connectivity index (χ4v) is 2.74. The molecule has 0 unspecified atom stereocenters. The van der Waals surface area contributed by atoms with Gasteiger partial charge in [0.05, 0.1) is 11.4 Å². The second-order valence-electron chi connectivity index (χ2n) is 5.26. The summed E-state index contributed by atoms with van der Waals surface area (Å²) in [5.41, 5.74) is 1.54. The minimum absolute atomic E-state index is 0.0176. The third-order valence-electron chi connectivity index (χ3n) is 3.66. The highest BCUT2D eigenvalue weighted by Crippen LogP contribution is 2.31. The van der Waals surface area contributed by atoms with Crippen LogP contribution in [-0.2, 0) is 9.59 Å². The molecule has 0 bridgehead atoms. The van der Waals surface area contributed by atoms with Gasteiger partial charge in [0.25, 0.3) is 0 Å². The summed E-state index contributed by atoms with van der Waals surface area (Å²) in [6, 6.07) is 7.48. The van der Waals surface area contributed by atoms with E-state index in [2.05, 4.69) is 19.2 Å². The lowest BCUT2D eigenvalue weighted by atomic mass is 9.96. The standard InChI is InChI=1S/C16H22N2O2/c1-3-7-12(8-4-2)16(20)18-11-15(19)17-13-9-5-6-10-14(13)18/h5-6,9-10,12H,3-4,7-8,11H2,1-2H3,(H,17,19). The topological polar surface area (TPSA) is 49.4 Å². The van der Waals surface area contributed by atoms with Crippen LogP contribution in [0.4, 0.5) is 11.4 Å². The maximum Gasteiger partial charge on any atom is 0.244 e. The number of amides is 2. The van der Waals surface area contributed by atoms with E-state index in [1.807, 2.05) is 24.3 Å². The molecule has 0 aromatic heterocycles. The Bertz CT molecular complexity index is 493. The number of para-hydroxylation sites is 2. The van der Waals surface area contributed by atoms with Crippen molar-refractivity contribution in [1.82, 2.24) is 0 Å². The average Bonchev–Trinajstić information content (AvgIpc) is 2.45. The molecule has 2 amide bonds. The molecule has 108 valence electrons. The molecule has 20 heavy (non-hydrogen) atoms. The summed E-state index contributed by atoms with van der Waals surface area (Å²) in [7, 11) is 0. The van der Waals surface area contributed by atoms with Crippen LogP contribution in [0.2, 0.25) is 0 Å². The molecule has 1 aromatic carbocycles. The Morgan fingerprint density at radius 2 is 1.90 bits per heavy atom. The van der Waals surface area contributed by atoms with Gasteiger partial charge in [-0.15, -0.1) is 0 Å². The molecule has 1 aliphatic heterocycles. The number of benzene rings is 1. The number of rotatable bonds is 5. The van der Waals surface area contributed by atoms with E-state index in [4.69, 9.17) is 0 Å². The van der Waals surface area contributed by atoms with Crippen LogP contribution in [0.5, 0.6) is 0 Å². The smallest absolute Gasteiger partial charge is 0.244 e. The van der Waals surface area contributed by atoms with E-state index < -0.39 is 0 Å². The van der Waals surface area contributed by atoms with Crippen molar-refractivity contribution in [3.63, 3.8) is 0 Å². The van der Waals surface area contributed by atoms with Crippen molar-refractivity contribution in [3.8, 4) is 0 Å². The molecule has 0 saturated heterocycles. The number of anilines is 2. The van der Waals surface area contributed by atoms with Crippen LogP contribution >= 0.6 is 0 Å². The summed E-state index contributed by atoms with van der Waals surface area (Å²) in [5.74, 6) is -0.0243. The maximum absolute atomic E-state index is 12.7. The number of hydrogen-bond acceptors (Lipinski definition) is 2. The van der Waals surface area contributed by atoms with E-state index in [-0.39, 0.29) is 24.3 Å². The number of nitrogens with zero attached hydrogens (tertiary/aromatic N) is 1. The van der Waals surface area contributed by atoms with Gasteiger partial charge in [-0.1, -0.05) is 38.8 Å². The van der Waals surface area contributed by atoms with E-state index in [1.54, 1.807) is 4.90 Å². The van der Waals surface area contributed by atoms with Crippen LogP contribution in [-0.4, -0.2) is 18.4 Å². The van der Waals surface area contributed by atoms with Gasteiger partial charge in [0.2, 0.25) is 11.8 Å². The third kappa shape index (κ3) is 3.00. The second kappa shape index (κ2) is 6.55. The summed E-state index contributed by atoms with van der Waals surface area (Å²) in [6.07, 6.45) is 3.73. The fourth-order valence-electron chi connectivity index (χ4n) is 2.74. The van der Waals surface area contributed by atoms with Gasteiger partial charge >= 0.3 is 0 Å². The Kier molecular flexibility index (Phi) is 4.77. The highest BCUT2D eigenvalue weighted by molar-refractivity contribution is 6.10. The van der Waals surface area contributed by atoms with Crippen molar-refractivity contribution >= 4 is 23.2 Å². The van der Waals surface area contributed by atoms with Gasteiger partial charge in [0.1, 0.15) is 6.54 Å². The van der Waals surface area contributed by atoms with Gasteiger partial charge in [0.15, 0.2) is 0 Å². The van der Waals surface area contributed by atoms with Crippen LogP contribution in [0, 0.1) is 5.92 Å². The predicted molar refractivity (Wildman–Crippen MR) is 80.7 cm³/mol. The Labute approximate surface area is 120 Å². The lowest BCUT2D eigenvalue weighted by Crippen LogP contribution is -2.44. The van der Waals surface area contributed by atoms with Gasteiger partial charge in [-0.05, 0) is 25.0 Å². The molecule has 4 nitrogen and oxygen atoms in total. The molecular weight excluding hydrogens is 252 g/mol. The first kappa shape index (κ1) is 14.6. The molecule has 1 heterocycles. The minimum Gasteiger partial charge on any atom is -0.323 e. The third-order valence-corrected chi connectivity index (χ3v) is 3.66. The molecule has 0 fully saturated rings. The summed E-state index contributed by atoms with van der Waals surface area (Å²) in [6.45, 7) is 4.30. The van der Waals surface area contributed by atoms with Crippen LogP contribution < -0.4 is 10.2 Å². The summed E-state index contributed by atoms with van der Waals surface area (Å²) in [4.78, 5) is 26.1. The van der Waals surface area contributed by atoms with E-state index in [0.29, 0.717) is 0 Å². The monoisotopic (exact) mass is 274 g/mol. The first-order valence-electron chi connectivity index (χ1n) is 7.37. The Hall–Kier alpha value is -1.84. The molecule has 1 aromatic rings. The van der Waals surface area contributed by atoms with Crippen molar-refractivity contribution < 1.29 is 9.59 Å². The molecule has 2 rings (SSSR count). The van der Waals surface area contributed by atoms with Gasteiger partial charge in [0, 0.05) is 5.92 Å². The largest absolute Gasteiger partial charge is 0.323 e. The van der Waals surface area contributed by atoms with Gasteiger partial charge in [-0.2, -0.15) is 0 Å². The van der Waals surface area contributed by atoms with Crippen molar-refractivity contribution in [2.24, 2.45) is 5.92 Å². The summed E-state index contributed by atoms with van der Waals surface area (Å²) in [5, 5.41) is 2.81. The molecule has 4 heteroatoms. The maximum atomic E-state index is 12.7. The molecule has 0 atom stereocenters. The number of nitrogens with one attached hydrogen (secondary N) is 1. The van der Waals surface area contributed by atoms with Crippen molar-refractivity contribution in [2.75, 3.05) is 16.8 Å². The van der Waals surface area contributed by atoms with Crippen LogP contribution in [0.1, 0.15) is 39.5 Å². The zero-order chi connectivity index (χ0) is 14.5. The van der Waals surface area contributed by atoms with Crippen LogP contribution in [0.15, 0.2) is 24.3 Å². The van der Waals surface area contributed by atoms with Crippen LogP contribution in [0.25, 0.3) is 0 Å². The first-order chi connectivity index (χ1) is 9.67.